The number of aryl methyl sites for hydroxylation is 1. The zero-order chi connectivity index (χ0) is 15.0. The number of ether oxygens (including phenoxy) is 1. The Labute approximate surface area is 127 Å². The lowest BCUT2D eigenvalue weighted by molar-refractivity contribution is 0.104. The van der Waals surface area contributed by atoms with Crippen molar-refractivity contribution in [2.24, 2.45) is 7.05 Å². The van der Waals surface area contributed by atoms with Gasteiger partial charge in [0.25, 0.3) is 0 Å². The summed E-state index contributed by atoms with van der Waals surface area (Å²) in [5, 5.41) is 1.45. The molecule has 0 aliphatic carbocycles. The molecule has 0 N–H and O–H groups in total. The van der Waals surface area contributed by atoms with Crippen molar-refractivity contribution in [2.45, 2.75) is 0 Å². The predicted molar refractivity (Wildman–Crippen MR) is 84.4 cm³/mol. The Morgan fingerprint density at radius 2 is 1.86 bits per heavy atom. The lowest BCUT2D eigenvalue weighted by atomic mass is 10.0. The van der Waals surface area contributed by atoms with E-state index < -0.39 is 0 Å². The van der Waals surface area contributed by atoms with Gasteiger partial charge in [-0.3, -0.25) is 4.79 Å². The van der Waals surface area contributed by atoms with E-state index in [1.807, 2.05) is 36.0 Å². The maximum atomic E-state index is 12.7. The molecule has 106 valence electrons. The molecule has 3 aromatic rings. The first-order valence-corrected chi connectivity index (χ1v) is 6.92. The van der Waals surface area contributed by atoms with Crippen LogP contribution in [0.25, 0.3) is 10.9 Å². The highest BCUT2D eigenvalue weighted by Crippen LogP contribution is 2.31. The van der Waals surface area contributed by atoms with E-state index in [2.05, 4.69) is 0 Å². The number of hydrogen-bond donors (Lipinski definition) is 0. The van der Waals surface area contributed by atoms with Crippen LogP contribution in [0.15, 0.2) is 48.7 Å². The molecule has 3 rings (SSSR count). The highest BCUT2D eigenvalue weighted by atomic mass is 35.5. The fraction of sp³-hybridized carbons (Fsp3) is 0.118. The van der Waals surface area contributed by atoms with E-state index in [1.54, 1.807) is 31.4 Å². The quantitative estimate of drug-likeness (QED) is 0.683. The summed E-state index contributed by atoms with van der Waals surface area (Å²) in [6.45, 7) is 0. The molecule has 21 heavy (non-hydrogen) atoms. The molecule has 0 aliphatic rings. The van der Waals surface area contributed by atoms with Crippen molar-refractivity contribution < 1.29 is 9.53 Å². The predicted octanol–water partition coefficient (Wildman–Crippen LogP) is 4.07. The molecule has 3 nitrogen and oxygen atoms in total. The number of carbonyl (C=O) groups excluding carboxylic acids is 1. The van der Waals surface area contributed by atoms with E-state index in [-0.39, 0.29) is 5.78 Å². The number of aromatic nitrogens is 1. The van der Waals surface area contributed by atoms with Crippen LogP contribution in [0.2, 0.25) is 5.02 Å². The van der Waals surface area contributed by atoms with Crippen molar-refractivity contribution in [2.75, 3.05) is 7.11 Å². The monoisotopic (exact) mass is 299 g/mol. The Morgan fingerprint density at radius 1 is 1.14 bits per heavy atom. The number of fused-ring (bicyclic) bond motifs is 1. The van der Waals surface area contributed by atoms with Gasteiger partial charge in [-0.2, -0.15) is 0 Å². The Balaban J connectivity index is 2.20. The maximum Gasteiger partial charge on any atom is 0.195 e. The fourth-order valence-electron chi connectivity index (χ4n) is 2.51. The number of hydrogen-bond acceptors (Lipinski definition) is 2. The maximum absolute atomic E-state index is 12.7. The second kappa shape index (κ2) is 5.26. The Hall–Kier alpha value is -2.26. The highest BCUT2D eigenvalue weighted by Gasteiger charge is 2.18. The highest BCUT2D eigenvalue weighted by molar-refractivity contribution is 6.30. The molecular weight excluding hydrogens is 286 g/mol. The number of benzene rings is 2. The number of carbonyl (C=O) groups is 1. The minimum absolute atomic E-state index is 0.0400. The van der Waals surface area contributed by atoms with Crippen molar-refractivity contribution in [1.82, 2.24) is 4.57 Å². The Bertz CT molecular complexity index is 819. The molecule has 0 bridgehead atoms. The SMILES string of the molecule is COc1cccc2c1c(C(=O)c1ccc(Cl)cc1)cn2C. The summed E-state index contributed by atoms with van der Waals surface area (Å²) < 4.78 is 7.33. The lowest BCUT2D eigenvalue weighted by Crippen LogP contribution is -2.00. The third-order valence-corrected chi connectivity index (χ3v) is 3.80. The topological polar surface area (TPSA) is 31.2 Å². The molecule has 0 aliphatic heterocycles. The fourth-order valence-corrected chi connectivity index (χ4v) is 2.64. The molecule has 0 atom stereocenters. The van der Waals surface area contributed by atoms with Gasteiger partial charge in [-0.25, -0.2) is 0 Å². The van der Waals surface area contributed by atoms with Gasteiger partial charge in [-0.15, -0.1) is 0 Å². The molecule has 0 spiro atoms. The zero-order valence-corrected chi connectivity index (χ0v) is 12.5. The third kappa shape index (κ3) is 2.30. The first-order valence-electron chi connectivity index (χ1n) is 6.54. The van der Waals surface area contributed by atoms with Crippen LogP contribution >= 0.6 is 11.6 Å². The third-order valence-electron chi connectivity index (χ3n) is 3.55. The Morgan fingerprint density at radius 3 is 2.52 bits per heavy atom. The molecule has 0 fully saturated rings. The van der Waals surface area contributed by atoms with Crippen LogP contribution in [-0.4, -0.2) is 17.5 Å². The molecular formula is C17H14ClNO2. The van der Waals surface area contributed by atoms with E-state index in [9.17, 15) is 4.79 Å². The molecule has 0 radical (unpaired) electrons. The summed E-state index contributed by atoms with van der Waals surface area (Å²) in [4.78, 5) is 12.7. The van der Waals surface area contributed by atoms with Gasteiger partial charge < -0.3 is 9.30 Å². The van der Waals surface area contributed by atoms with Crippen molar-refractivity contribution in [3.8, 4) is 5.75 Å². The molecule has 4 heteroatoms. The van der Waals surface area contributed by atoms with Gasteiger partial charge in [0.2, 0.25) is 0 Å². The summed E-state index contributed by atoms with van der Waals surface area (Å²) in [6, 6.07) is 12.7. The Kier molecular flexibility index (Phi) is 3.43. The summed E-state index contributed by atoms with van der Waals surface area (Å²) in [6.07, 6.45) is 1.84. The molecule has 0 amide bonds. The summed E-state index contributed by atoms with van der Waals surface area (Å²) in [5.41, 5.74) is 2.21. The number of nitrogens with zero attached hydrogens (tertiary/aromatic N) is 1. The number of ketones is 1. The van der Waals surface area contributed by atoms with E-state index >= 15 is 0 Å². The minimum Gasteiger partial charge on any atom is -0.496 e. The van der Waals surface area contributed by atoms with Gasteiger partial charge >= 0.3 is 0 Å². The van der Waals surface area contributed by atoms with E-state index in [0.29, 0.717) is 21.9 Å². The van der Waals surface area contributed by atoms with Gasteiger partial charge in [0.15, 0.2) is 5.78 Å². The van der Waals surface area contributed by atoms with Crippen LogP contribution in [0.4, 0.5) is 0 Å². The summed E-state index contributed by atoms with van der Waals surface area (Å²) in [7, 11) is 3.53. The van der Waals surface area contributed by atoms with Gasteiger partial charge in [-0.05, 0) is 36.4 Å². The largest absolute Gasteiger partial charge is 0.496 e. The second-order valence-electron chi connectivity index (χ2n) is 4.84. The van der Waals surface area contributed by atoms with Crippen LogP contribution in [0.1, 0.15) is 15.9 Å². The minimum atomic E-state index is -0.0400. The molecule has 0 saturated carbocycles. The van der Waals surface area contributed by atoms with Crippen molar-refractivity contribution in [1.29, 1.82) is 0 Å². The first kappa shape index (κ1) is 13.7. The van der Waals surface area contributed by atoms with E-state index in [4.69, 9.17) is 16.3 Å². The standard InChI is InChI=1S/C17H14ClNO2/c1-19-10-13(16-14(19)4-3-5-15(16)21-2)17(20)11-6-8-12(18)9-7-11/h3-10H,1-2H3. The second-order valence-corrected chi connectivity index (χ2v) is 5.28. The molecule has 0 unspecified atom stereocenters. The first-order chi connectivity index (χ1) is 10.1. The lowest BCUT2D eigenvalue weighted by Gasteiger charge is -2.05. The number of methoxy groups -OCH3 is 1. The molecule has 0 saturated heterocycles. The van der Waals surface area contributed by atoms with Crippen molar-refractivity contribution in [3.05, 3.63) is 64.8 Å². The van der Waals surface area contributed by atoms with Gasteiger partial charge in [0, 0.05) is 23.8 Å². The molecule has 1 aromatic heterocycles. The zero-order valence-electron chi connectivity index (χ0n) is 11.8. The van der Waals surface area contributed by atoms with Crippen LogP contribution in [0.5, 0.6) is 5.75 Å². The van der Waals surface area contributed by atoms with Crippen LogP contribution < -0.4 is 4.74 Å². The van der Waals surface area contributed by atoms with E-state index in [0.717, 1.165) is 10.9 Å². The van der Waals surface area contributed by atoms with Crippen molar-refractivity contribution >= 4 is 28.3 Å². The molecule has 1 heterocycles. The van der Waals surface area contributed by atoms with Gasteiger partial charge in [-0.1, -0.05) is 17.7 Å². The summed E-state index contributed by atoms with van der Waals surface area (Å²) in [5.74, 6) is 0.659. The number of rotatable bonds is 3. The van der Waals surface area contributed by atoms with Crippen LogP contribution in [0, 0.1) is 0 Å². The molecule has 2 aromatic carbocycles. The summed E-state index contributed by atoms with van der Waals surface area (Å²) >= 11 is 5.87. The number of halogens is 1. The van der Waals surface area contributed by atoms with Crippen LogP contribution in [-0.2, 0) is 7.05 Å². The van der Waals surface area contributed by atoms with Gasteiger partial charge in [0.1, 0.15) is 5.75 Å². The van der Waals surface area contributed by atoms with Gasteiger partial charge in [0.05, 0.1) is 23.6 Å². The average molecular weight is 300 g/mol. The van der Waals surface area contributed by atoms with E-state index in [1.165, 1.54) is 0 Å². The van der Waals surface area contributed by atoms with Crippen LogP contribution in [0.3, 0.4) is 0 Å². The normalized spacial score (nSPS) is 10.8. The van der Waals surface area contributed by atoms with Crippen molar-refractivity contribution in [3.63, 3.8) is 0 Å². The average Bonchev–Trinajstić information content (AvgIpc) is 2.85. The smallest absolute Gasteiger partial charge is 0.195 e.